The molecule has 0 bridgehead atoms. The van der Waals surface area contributed by atoms with Crippen LogP contribution >= 0.6 is 23.2 Å². The van der Waals surface area contributed by atoms with Crippen molar-refractivity contribution in [1.82, 2.24) is 5.32 Å². The van der Waals surface area contributed by atoms with Gasteiger partial charge in [-0.15, -0.1) is 0 Å². The number of halogens is 2. The maximum Gasteiger partial charge on any atom is 0.294 e. The van der Waals surface area contributed by atoms with Gasteiger partial charge in [0, 0.05) is 12.2 Å². The molecule has 1 heterocycles. The maximum absolute atomic E-state index is 12.4. The molecule has 2 aromatic rings. The van der Waals surface area contributed by atoms with Crippen molar-refractivity contribution in [3.8, 4) is 0 Å². The summed E-state index contributed by atoms with van der Waals surface area (Å²) in [6.07, 6.45) is 1.41. The van der Waals surface area contributed by atoms with Crippen molar-refractivity contribution in [3.63, 3.8) is 0 Å². The normalized spacial score (nSPS) is 14.0. The van der Waals surface area contributed by atoms with Gasteiger partial charge in [-0.2, -0.15) is 0 Å². The van der Waals surface area contributed by atoms with E-state index in [1.54, 1.807) is 18.2 Å². The molecule has 7 heteroatoms. The molecule has 1 aliphatic rings. The van der Waals surface area contributed by atoms with Crippen LogP contribution in [-0.4, -0.2) is 30.0 Å². The summed E-state index contributed by atoms with van der Waals surface area (Å²) in [7, 11) is 0. The second-order valence-corrected chi connectivity index (χ2v) is 7.43. The van der Waals surface area contributed by atoms with Crippen LogP contribution in [0.3, 0.4) is 0 Å². The van der Waals surface area contributed by atoms with E-state index >= 15 is 0 Å². The first-order chi connectivity index (χ1) is 13.4. The molecule has 0 unspecified atom stereocenters. The number of carbonyl (C=O) groups excluding carboxylic acids is 2. The Balaban J connectivity index is 1.56. The molecule has 0 aliphatic carbocycles. The van der Waals surface area contributed by atoms with Crippen LogP contribution in [0.4, 0.5) is 5.69 Å². The first-order valence-electron chi connectivity index (χ1n) is 8.90. The van der Waals surface area contributed by atoms with Crippen LogP contribution in [0.1, 0.15) is 17.5 Å². The Morgan fingerprint density at radius 2 is 1.93 bits per heavy atom. The maximum atomic E-state index is 12.4. The minimum absolute atomic E-state index is 0.0497. The van der Waals surface area contributed by atoms with Crippen molar-refractivity contribution >= 4 is 40.7 Å². The Kier molecular flexibility index (Phi) is 6.27. The van der Waals surface area contributed by atoms with Gasteiger partial charge in [0.15, 0.2) is 5.76 Å². The van der Waals surface area contributed by atoms with E-state index in [9.17, 15) is 14.7 Å². The highest BCUT2D eigenvalue weighted by Crippen LogP contribution is 2.27. The molecular weight excluding hydrogens is 399 g/mol. The molecule has 0 aromatic heterocycles. The van der Waals surface area contributed by atoms with Gasteiger partial charge in [-0.25, -0.2) is 0 Å². The largest absolute Gasteiger partial charge is 0.503 e. The molecule has 0 spiro atoms. The van der Waals surface area contributed by atoms with Crippen molar-refractivity contribution in [2.45, 2.75) is 19.8 Å². The number of benzene rings is 2. The quantitative estimate of drug-likeness (QED) is 0.690. The van der Waals surface area contributed by atoms with Gasteiger partial charge in [-0.3, -0.25) is 9.59 Å². The lowest BCUT2D eigenvalue weighted by Crippen LogP contribution is -2.31. The summed E-state index contributed by atoms with van der Waals surface area (Å²) in [4.78, 5) is 26.2. The van der Waals surface area contributed by atoms with Crippen LogP contribution in [0.15, 0.2) is 53.8 Å². The van der Waals surface area contributed by atoms with Crippen molar-refractivity contribution < 1.29 is 14.7 Å². The predicted molar refractivity (Wildman–Crippen MR) is 111 cm³/mol. The molecule has 2 amide bonds. The van der Waals surface area contributed by atoms with Crippen LogP contribution in [0.2, 0.25) is 10.0 Å². The highest BCUT2D eigenvalue weighted by atomic mass is 35.5. The van der Waals surface area contributed by atoms with Gasteiger partial charge in [-0.1, -0.05) is 47.5 Å². The SMILES string of the molecule is Cc1ccccc1N1CC(C(=O)NCCCc2ccc(Cl)c(Cl)c2)=C(O)C1=O. The third-order valence-electron chi connectivity index (χ3n) is 4.64. The smallest absolute Gasteiger partial charge is 0.294 e. The zero-order valence-corrected chi connectivity index (χ0v) is 16.8. The summed E-state index contributed by atoms with van der Waals surface area (Å²) in [5.74, 6) is -1.49. The van der Waals surface area contributed by atoms with Gasteiger partial charge in [-0.05, 0) is 49.1 Å². The second-order valence-electron chi connectivity index (χ2n) is 6.61. The molecule has 146 valence electrons. The van der Waals surface area contributed by atoms with E-state index in [0.29, 0.717) is 28.7 Å². The predicted octanol–water partition coefficient (Wildman–Crippen LogP) is 4.21. The first kappa shape index (κ1) is 20.2. The Bertz CT molecular complexity index is 956. The van der Waals surface area contributed by atoms with Crippen molar-refractivity contribution in [2.75, 3.05) is 18.0 Å². The number of nitrogens with zero attached hydrogens (tertiary/aromatic N) is 1. The van der Waals surface area contributed by atoms with Gasteiger partial charge < -0.3 is 15.3 Å². The molecule has 28 heavy (non-hydrogen) atoms. The van der Waals surface area contributed by atoms with Crippen molar-refractivity contribution in [3.05, 3.63) is 75.0 Å². The number of hydrogen-bond donors (Lipinski definition) is 2. The van der Waals surface area contributed by atoms with E-state index in [4.69, 9.17) is 23.2 Å². The van der Waals surface area contributed by atoms with Crippen LogP contribution in [-0.2, 0) is 16.0 Å². The number of anilines is 1. The summed E-state index contributed by atoms with van der Waals surface area (Å²) >= 11 is 11.9. The highest BCUT2D eigenvalue weighted by molar-refractivity contribution is 6.42. The Hall–Kier alpha value is -2.50. The topological polar surface area (TPSA) is 69.6 Å². The van der Waals surface area contributed by atoms with Crippen LogP contribution in [0, 0.1) is 6.92 Å². The summed E-state index contributed by atoms with van der Waals surface area (Å²) in [5.41, 5.74) is 2.68. The third-order valence-corrected chi connectivity index (χ3v) is 5.38. The minimum Gasteiger partial charge on any atom is -0.503 e. The number of aliphatic hydroxyl groups is 1. The Morgan fingerprint density at radius 1 is 1.18 bits per heavy atom. The molecule has 2 N–H and O–H groups in total. The van der Waals surface area contributed by atoms with Gasteiger partial charge in [0.05, 0.1) is 22.2 Å². The summed E-state index contributed by atoms with van der Waals surface area (Å²) in [5, 5.41) is 13.9. The Morgan fingerprint density at radius 3 is 2.64 bits per heavy atom. The molecule has 0 atom stereocenters. The van der Waals surface area contributed by atoms with E-state index in [1.165, 1.54) is 4.90 Å². The molecule has 3 rings (SSSR count). The second kappa shape index (κ2) is 8.67. The molecule has 0 fully saturated rings. The number of carbonyl (C=O) groups is 2. The molecule has 0 radical (unpaired) electrons. The summed E-state index contributed by atoms with van der Waals surface area (Å²) in [6, 6.07) is 12.8. The monoisotopic (exact) mass is 418 g/mol. The summed E-state index contributed by atoms with van der Waals surface area (Å²) < 4.78 is 0. The van der Waals surface area contributed by atoms with Crippen LogP contribution in [0.5, 0.6) is 0 Å². The molecule has 5 nitrogen and oxygen atoms in total. The third kappa shape index (κ3) is 4.32. The van der Waals surface area contributed by atoms with Crippen molar-refractivity contribution in [2.24, 2.45) is 0 Å². The summed E-state index contributed by atoms with van der Waals surface area (Å²) in [6.45, 7) is 2.34. The number of aryl methyl sites for hydroxylation is 2. The molecule has 2 aromatic carbocycles. The van der Waals surface area contributed by atoms with Gasteiger partial charge >= 0.3 is 0 Å². The van der Waals surface area contributed by atoms with Crippen LogP contribution in [0.25, 0.3) is 0 Å². The number of hydrogen-bond acceptors (Lipinski definition) is 3. The average Bonchev–Trinajstić information content (AvgIpc) is 2.97. The fourth-order valence-electron chi connectivity index (χ4n) is 3.10. The van der Waals surface area contributed by atoms with E-state index < -0.39 is 17.6 Å². The fraction of sp³-hybridized carbons (Fsp3) is 0.238. The van der Waals surface area contributed by atoms with Gasteiger partial charge in [0.1, 0.15) is 0 Å². The van der Waals surface area contributed by atoms with Gasteiger partial charge in [0.2, 0.25) is 0 Å². The number of nitrogens with one attached hydrogen (secondary N) is 1. The Labute approximate surface area is 173 Å². The highest BCUT2D eigenvalue weighted by Gasteiger charge is 2.35. The number of rotatable bonds is 6. The van der Waals surface area contributed by atoms with Crippen LogP contribution < -0.4 is 10.2 Å². The number of para-hydroxylation sites is 1. The standard InChI is InChI=1S/C21H20Cl2N2O3/c1-13-5-2-3-7-18(13)25-12-15(19(26)21(25)28)20(27)24-10-4-6-14-8-9-16(22)17(23)11-14/h2-3,5,7-9,11,26H,4,6,10,12H2,1H3,(H,24,27). The number of amides is 2. The first-order valence-corrected chi connectivity index (χ1v) is 9.66. The molecular formula is C21H20Cl2N2O3. The lowest BCUT2D eigenvalue weighted by molar-refractivity contribution is -0.119. The minimum atomic E-state index is -0.560. The zero-order chi connectivity index (χ0) is 20.3. The lowest BCUT2D eigenvalue weighted by atomic mass is 10.1. The van der Waals surface area contributed by atoms with E-state index in [2.05, 4.69) is 5.32 Å². The van der Waals surface area contributed by atoms with Gasteiger partial charge in [0.25, 0.3) is 11.8 Å². The van der Waals surface area contributed by atoms with Crippen molar-refractivity contribution in [1.29, 1.82) is 0 Å². The number of aliphatic hydroxyl groups excluding tert-OH is 1. The fourth-order valence-corrected chi connectivity index (χ4v) is 3.42. The lowest BCUT2D eigenvalue weighted by Gasteiger charge is -2.18. The molecule has 1 aliphatic heterocycles. The molecule has 0 saturated carbocycles. The van der Waals surface area contributed by atoms with E-state index in [0.717, 1.165) is 17.5 Å². The molecule has 0 saturated heterocycles. The van der Waals surface area contributed by atoms with E-state index in [-0.39, 0.29) is 12.1 Å². The van der Waals surface area contributed by atoms with E-state index in [1.807, 2.05) is 31.2 Å². The average molecular weight is 419 g/mol. The zero-order valence-electron chi connectivity index (χ0n) is 15.3.